The second-order valence-electron chi connectivity index (χ2n) is 3.67. The molecule has 0 aromatic rings. The summed E-state index contributed by atoms with van der Waals surface area (Å²) in [5, 5.41) is 3.21. The molecule has 1 heterocycles. The van der Waals surface area contributed by atoms with E-state index < -0.39 is 0 Å². The largest absolute Gasteiger partial charge is 0.319 e. The fraction of sp³-hybridized carbons (Fsp3) is 1.00. The van der Waals surface area contributed by atoms with E-state index in [-0.39, 0.29) is 0 Å². The maximum Gasteiger partial charge on any atom is 0.00191 e. The molecular weight excluding hydrogens is 136 g/mol. The van der Waals surface area contributed by atoms with Gasteiger partial charge >= 0.3 is 0 Å². The van der Waals surface area contributed by atoms with Crippen molar-refractivity contribution < 1.29 is 0 Å². The van der Waals surface area contributed by atoms with Crippen LogP contribution >= 0.6 is 0 Å². The minimum absolute atomic E-state index is 0.804. The summed E-state index contributed by atoms with van der Waals surface area (Å²) in [6.45, 7) is 7.40. The summed E-state index contributed by atoms with van der Waals surface area (Å²) in [7, 11) is 2.03. The lowest BCUT2D eigenvalue weighted by molar-refractivity contribution is 0.285. The predicted molar refractivity (Wildman–Crippen MR) is 48.8 cm³/mol. The number of hydrogen-bond acceptors (Lipinski definition) is 2. The van der Waals surface area contributed by atoms with Crippen LogP contribution in [0.4, 0.5) is 0 Å². The van der Waals surface area contributed by atoms with Gasteiger partial charge in [0.15, 0.2) is 0 Å². The lowest BCUT2D eigenvalue weighted by atomic mass is 10.2. The average molecular weight is 156 g/mol. The maximum absolute atomic E-state index is 3.21. The number of hydrogen-bond donors (Lipinski definition) is 1. The van der Waals surface area contributed by atoms with Crippen molar-refractivity contribution in [2.45, 2.75) is 19.8 Å². The van der Waals surface area contributed by atoms with Crippen molar-refractivity contribution in [2.75, 3.05) is 33.2 Å². The van der Waals surface area contributed by atoms with Crippen molar-refractivity contribution in [3.8, 4) is 0 Å². The van der Waals surface area contributed by atoms with Crippen LogP contribution in [0.15, 0.2) is 0 Å². The van der Waals surface area contributed by atoms with Crippen LogP contribution in [0.1, 0.15) is 19.8 Å². The van der Waals surface area contributed by atoms with E-state index in [0.717, 1.165) is 12.5 Å². The summed E-state index contributed by atoms with van der Waals surface area (Å²) in [6.07, 6.45) is 2.82. The third-order valence-electron chi connectivity index (χ3n) is 2.32. The molecule has 1 N–H and O–H groups in total. The van der Waals surface area contributed by atoms with E-state index >= 15 is 0 Å². The van der Waals surface area contributed by atoms with E-state index in [4.69, 9.17) is 0 Å². The van der Waals surface area contributed by atoms with Crippen LogP contribution in [0.5, 0.6) is 0 Å². The summed E-state index contributed by atoms with van der Waals surface area (Å²) < 4.78 is 0. The molecule has 1 aliphatic heterocycles. The number of rotatable bonds is 4. The Labute approximate surface area is 70.0 Å². The van der Waals surface area contributed by atoms with Crippen LogP contribution in [0.3, 0.4) is 0 Å². The van der Waals surface area contributed by atoms with Crippen LogP contribution in [0.25, 0.3) is 0 Å². The summed E-state index contributed by atoms with van der Waals surface area (Å²) in [6, 6.07) is 0. The second-order valence-corrected chi connectivity index (χ2v) is 3.67. The lowest BCUT2D eigenvalue weighted by Crippen LogP contribution is -2.30. The molecule has 0 amide bonds. The van der Waals surface area contributed by atoms with Crippen molar-refractivity contribution in [2.24, 2.45) is 5.92 Å². The highest BCUT2D eigenvalue weighted by Gasteiger charge is 2.13. The highest BCUT2D eigenvalue weighted by Crippen LogP contribution is 2.09. The van der Waals surface area contributed by atoms with Crippen molar-refractivity contribution in [3.05, 3.63) is 0 Å². The Kier molecular flexibility index (Phi) is 3.87. The topological polar surface area (TPSA) is 15.3 Å². The van der Waals surface area contributed by atoms with Crippen LogP contribution in [-0.4, -0.2) is 38.1 Å². The lowest BCUT2D eigenvalue weighted by Gasteiger charge is -2.19. The fourth-order valence-corrected chi connectivity index (χ4v) is 1.82. The molecule has 1 saturated heterocycles. The first-order chi connectivity index (χ1) is 5.33. The summed E-state index contributed by atoms with van der Waals surface area (Å²) in [4.78, 5) is 2.57. The zero-order valence-electron chi connectivity index (χ0n) is 7.77. The average Bonchev–Trinajstić information content (AvgIpc) is 2.40. The van der Waals surface area contributed by atoms with Gasteiger partial charge in [-0.1, -0.05) is 6.92 Å². The number of nitrogens with zero attached hydrogens (tertiary/aromatic N) is 1. The molecular formula is C9H20N2. The van der Waals surface area contributed by atoms with Gasteiger partial charge in [-0.3, -0.25) is 0 Å². The van der Waals surface area contributed by atoms with Crippen molar-refractivity contribution in [1.29, 1.82) is 0 Å². The zero-order chi connectivity index (χ0) is 8.10. The first-order valence-corrected chi connectivity index (χ1v) is 4.70. The van der Waals surface area contributed by atoms with Gasteiger partial charge in [-0.05, 0) is 45.4 Å². The minimum Gasteiger partial charge on any atom is -0.319 e. The molecule has 1 fully saturated rings. The summed E-state index contributed by atoms with van der Waals surface area (Å²) >= 11 is 0. The predicted octanol–water partition coefficient (Wildman–Crippen LogP) is 0.938. The van der Waals surface area contributed by atoms with E-state index in [0.29, 0.717) is 0 Å². The van der Waals surface area contributed by atoms with Gasteiger partial charge in [-0.15, -0.1) is 0 Å². The monoisotopic (exact) mass is 156 g/mol. The minimum atomic E-state index is 0.804. The van der Waals surface area contributed by atoms with E-state index in [9.17, 15) is 0 Å². The molecule has 0 aromatic heterocycles. The molecule has 0 unspecified atom stereocenters. The third-order valence-corrected chi connectivity index (χ3v) is 2.32. The van der Waals surface area contributed by atoms with E-state index in [1.807, 2.05) is 7.05 Å². The summed E-state index contributed by atoms with van der Waals surface area (Å²) in [5.74, 6) is 0.804. The smallest absolute Gasteiger partial charge is 0.00191 e. The zero-order valence-corrected chi connectivity index (χ0v) is 7.77. The molecule has 1 aliphatic rings. The molecule has 0 saturated carbocycles. The first-order valence-electron chi connectivity index (χ1n) is 4.70. The van der Waals surface area contributed by atoms with Gasteiger partial charge in [-0.25, -0.2) is 0 Å². The first kappa shape index (κ1) is 9.01. The molecule has 0 aromatic carbocycles. The van der Waals surface area contributed by atoms with Gasteiger partial charge in [0.05, 0.1) is 0 Å². The van der Waals surface area contributed by atoms with Crippen molar-refractivity contribution in [1.82, 2.24) is 10.2 Å². The molecule has 66 valence electrons. The Hall–Kier alpha value is -0.0800. The molecule has 1 atom stereocenters. The Morgan fingerprint density at radius 1 is 1.36 bits per heavy atom. The van der Waals surface area contributed by atoms with E-state index in [1.165, 1.54) is 32.5 Å². The molecule has 1 rings (SSSR count). The normalized spacial score (nSPS) is 22.4. The molecule has 2 nitrogen and oxygen atoms in total. The van der Waals surface area contributed by atoms with E-state index in [1.54, 1.807) is 0 Å². The van der Waals surface area contributed by atoms with Crippen LogP contribution < -0.4 is 5.32 Å². The Morgan fingerprint density at radius 2 is 2.00 bits per heavy atom. The quantitative estimate of drug-likeness (QED) is 0.651. The van der Waals surface area contributed by atoms with Crippen LogP contribution in [-0.2, 0) is 0 Å². The third kappa shape index (κ3) is 3.21. The van der Waals surface area contributed by atoms with Crippen molar-refractivity contribution in [3.63, 3.8) is 0 Å². The van der Waals surface area contributed by atoms with Crippen molar-refractivity contribution >= 4 is 0 Å². The Balaban J connectivity index is 2.08. The highest BCUT2D eigenvalue weighted by molar-refractivity contribution is 4.69. The van der Waals surface area contributed by atoms with E-state index in [2.05, 4.69) is 17.1 Å². The van der Waals surface area contributed by atoms with Gasteiger partial charge in [0, 0.05) is 6.54 Å². The Bertz CT molecular complexity index is 97.7. The van der Waals surface area contributed by atoms with Gasteiger partial charge in [-0.2, -0.15) is 0 Å². The Morgan fingerprint density at radius 3 is 2.55 bits per heavy atom. The molecule has 0 aliphatic carbocycles. The molecule has 0 radical (unpaired) electrons. The van der Waals surface area contributed by atoms with Crippen LogP contribution in [0.2, 0.25) is 0 Å². The standard InChI is InChI=1S/C9H20N2/c1-9(7-10-2)8-11-5-3-4-6-11/h9-10H,3-8H2,1-2H3/t9-/m1/s1. The molecule has 2 heteroatoms. The highest BCUT2D eigenvalue weighted by atomic mass is 15.1. The SMILES string of the molecule is CNC[C@@H](C)CN1CCCC1. The molecule has 0 spiro atoms. The van der Waals surface area contributed by atoms with Gasteiger partial charge in [0.2, 0.25) is 0 Å². The van der Waals surface area contributed by atoms with Gasteiger partial charge in [0.25, 0.3) is 0 Å². The van der Waals surface area contributed by atoms with Crippen LogP contribution in [0, 0.1) is 5.92 Å². The number of likely N-dealkylation sites (tertiary alicyclic amines) is 1. The second kappa shape index (κ2) is 4.73. The maximum atomic E-state index is 3.21. The molecule has 0 bridgehead atoms. The summed E-state index contributed by atoms with van der Waals surface area (Å²) in [5.41, 5.74) is 0. The number of nitrogens with one attached hydrogen (secondary N) is 1. The van der Waals surface area contributed by atoms with Gasteiger partial charge < -0.3 is 10.2 Å². The molecule has 11 heavy (non-hydrogen) atoms. The fourth-order valence-electron chi connectivity index (χ4n) is 1.82. The van der Waals surface area contributed by atoms with Gasteiger partial charge in [0.1, 0.15) is 0 Å².